The summed E-state index contributed by atoms with van der Waals surface area (Å²) in [7, 11) is -3.48. The molecule has 0 spiro atoms. The highest BCUT2D eigenvalue weighted by Crippen LogP contribution is 2.30. The minimum atomic E-state index is -3.48. The molecule has 0 unspecified atom stereocenters. The predicted octanol–water partition coefficient (Wildman–Crippen LogP) is 2.67. The third-order valence-electron chi connectivity index (χ3n) is 4.84. The molecule has 0 saturated carbocycles. The molecule has 2 N–H and O–H groups in total. The minimum Gasteiger partial charge on any atom is -0.324 e. The fraction of sp³-hybridized carbons (Fsp3) is 0.300. The number of aryl methyl sites for hydroxylation is 1. The Balaban J connectivity index is 1.77. The highest BCUT2D eigenvalue weighted by molar-refractivity contribution is 7.92. The lowest BCUT2D eigenvalue weighted by atomic mass is 10.1. The van der Waals surface area contributed by atoms with Gasteiger partial charge in [0, 0.05) is 18.7 Å². The van der Waals surface area contributed by atoms with Crippen LogP contribution in [-0.2, 0) is 19.6 Å². The van der Waals surface area contributed by atoms with Crippen molar-refractivity contribution in [1.29, 1.82) is 0 Å². The SMILES string of the molecule is Cc1cccc(N2C[C@H](C(=O)Nc3ccccc3NS(C)(=O)=O)CC2=O)c1C. The van der Waals surface area contributed by atoms with Gasteiger partial charge in [-0.3, -0.25) is 14.3 Å². The van der Waals surface area contributed by atoms with Crippen molar-refractivity contribution in [2.45, 2.75) is 20.3 Å². The molecule has 1 fully saturated rings. The Bertz CT molecular complexity index is 1030. The van der Waals surface area contributed by atoms with Gasteiger partial charge in [0.15, 0.2) is 0 Å². The molecule has 1 aliphatic heterocycles. The number of sulfonamides is 1. The molecule has 1 atom stereocenters. The normalized spacial score (nSPS) is 16.9. The van der Waals surface area contributed by atoms with Crippen molar-refractivity contribution in [3.8, 4) is 0 Å². The van der Waals surface area contributed by atoms with Crippen molar-refractivity contribution in [3.05, 3.63) is 53.6 Å². The number of rotatable bonds is 5. The molecule has 148 valence electrons. The molecular formula is C20H23N3O4S. The Labute approximate surface area is 164 Å². The highest BCUT2D eigenvalue weighted by atomic mass is 32.2. The smallest absolute Gasteiger partial charge is 0.229 e. The Morgan fingerprint density at radius 1 is 1.07 bits per heavy atom. The number of carbonyl (C=O) groups is 2. The predicted molar refractivity (Wildman–Crippen MR) is 110 cm³/mol. The van der Waals surface area contributed by atoms with Crippen LogP contribution in [0.15, 0.2) is 42.5 Å². The lowest BCUT2D eigenvalue weighted by Crippen LogP contribution is -2.29. The molecule has 7 nitrogen and oxygen atoms in total. The van der Waals surface area contributed by atoms with E-state index in [0.29, 0.717) is 5.69 Å². The van der Waals surface area contributed by atoms with Gasteiger partial charge in [0.1, 0.15) is 0 Å². The fourth-order valence-corrected chi connectivity index (χ4v) is 3.84. The number of hydrogen-bond acceptors (Lipinski definition) is 4. The second kappa shape index (κ2) is 7.63. The first kappa shape index (κ1) is 19.9. The summed E-state index contributed by atoms with van der Waals surface area (Å²) in [6.45, 7) is 4.23. The molecule has 0 aromatic heterocycles. The van der Waals surface area contributed by atoms with Crippen LogP contribution in [0, 0.1) is 19.8 Å². The summed E-state index contributed by atoms with van der Waals surface area (Å²) >= 11 is 0. The summed E-state index contributed by atoms with van der Waals surface area (Å²) in [5.74, 6) is -0.931. The van der Waals surface area contributed by atoms with Crippen molar-refractivity contribution < 1.29 is 18.0 Å². The Morgan fingerprint density at radius 2 is 1.75 bits per heavy atom. The van der Waals surface area contributed by atoms with E-state index in [1.54, 1.807) is 29.2 Å². The van der Waals surface area contributed by atoms with E-state index in [9.17, 15) is 18.0 Å². The van der Waals surface area contributed by atoms with Gasteiger partial charge < -0.3 is 10.2 Å². The van der Waals surface area contributed by atoms with Crippen LogP contribution in [0.1, 0.15) is 17.5 Å². The lowest BCUT2D eigenvalue weighted by molar-refractivity contribution is -0.122. The average molecular weight is 401 g/mol. The molecule has 2 aromatic rings. The molecule has 8 heteroatoms. The standard InChI is InChI=1S/C20H23N3O4S/c1-13-7-6-10-18(14(13)2)23-12-15(11-19(23)24)20(25)21-16-8-4-5-9-17(16)22-28(3,26)27/h4-10,15,22H,11-12H2,1-3H3,(H,21,25)/t15-/m1/s1. The van der Waals surface area contributed by atoms with Crippen molar-refractivity contribution in [3.63, 3.8) is 0 Å². The molecule has 1 saturated heterocycles. The number of nitrogens with one attached hydrogen (secondary N) is 2. The molecule has 2 amide bonds. The van der Waals surface area contributed by atoms with Crippen LogP contribution in [0.2, 0.25) is 0 Å². The van der Waals surface area contributed by atoms with Gasteiger partial charge in [0.05, 0.1) is 23.5 Å². The van der Waals surface area contributed by atoms with Gasteiger partial charge in [-0.1, -0.05) is 24.3 Å². The van der Waals surface area contributed by atoms with Crippen LogP contribution in [0.5, 0.6) is 0 Å². The van der Waals surface area contributed by atoms with E-state index in [1.165, 1.54) is 0 Å². The van der Waals surface area contributed by atoms with Crippen molar-refractivity contribution in [2.75, 3.05) is 27.7 Å². The lowest BCUT2D eigenvalue weighted by Gasteiger charge is -2.20. The molecule has 28 heavy (non-hydrogen) atoms. The van der Waals surface area contributed by atoms with Crippen LogP contribution in [0.4, 0.5) is 17.1 Å². The van der Waals surface area contributed by atoms with Crippen LogP contribution < -0.4 is 14.9 Å². The molecule has 2 aromatic carbocycles. The van der Waals surface area contributed by atoms with Gasteiger partial charge in [-0.25, -0.2) is 8.42 Å². The summed E-state index contributed by atoms with van der Waals surface area (Å²) in [4.78, 5) is 26.9. The first-order chi connectivity index (χ1) is 13.2. The third kappa shape index (κ3) is 4.33. The second-order valence-corrected chi connectivity index (χ2v) is 8.78. The number of hydrogen-bond donors (Lipinski definition) is 2. The van der Waals surface area contributed by atoms with E-state index < -0.39 is 15.9 Å². The molecule has 1 heterocycles. The van der Waals surface area contributed by atoms with E-state index in [1.807, 2.05) is 32.0 Å². The first-order valence-electron chi connectivity index (χ1n) is 8.90. The van der Waals surface area contributed by atoms with Gasteiger partial charge >= 0.3 is 0 Å². The van der Waals surface area contributed by atoms with Crippen LogP contribution >= 0.6 is 0 Å². The van der Waals surface area contributed by atoms with E-state index >= 15 is 0 Å². The Kier molecular flexibility index (Phi) is 5.42. The Hall–Kier alpha value is -2.87. The van der Waals surface area contributed by atoms with E-state index in [0.717, 1.165) is 23.1 Å². The van der Waals surface area contributed by atoms with E-state index in [2.05, 4.69) is 10.0 Å². The van der Waals surface area contributed by atoms with Crippen LogP contribution in [-0.4, -0.2) is 33.0 Å². The zero-order valence-electron chi connectivity index (χ0n) is 16.0. The summed E-state index contributed by atoms with van der Waals surface area (Å²) in [5, 5.41) is 2.75. The topological polar surface area (TPSA) is 95.6 Å². The number of para-hydroxylation sites is 2. The number of carbonyl (C=O) groups excluding carboxylic acids is 2. The summed E-state index contributed by atoms with van der Waals surface area (Å²) in [6.07, 6.45) is 1.16. The van der Waals surface area contributed by atoms with Crippen LogP contribution in [0.25, 0.3) is 0 Å². The van der Waals surface area contributed by atoms with Gasteiger partial charge in [-0.2, -0.15) is 0 Å². The summed E-state index contributed by atoms with van der Waals surface area (Å²) in [5.41, 5.74) is 3.56. The minimum absolute atomic E-state index is 0.101. The molecule has 0 bridgehead atoms. The van der Waals surface area contributed by atoms with Gasteiger partial charge in [0.25, 0.3) is 0 Å². The molecule has 3 rings (SSSR count). The van der Waals surface area contributed by atoms with Crippen LogP contribution in [0.3, 0.4) is 0 Å². The largest absolute Gasteiger partial charge is 0.324 e. The quantitative estimate of drug-likeness (QED) is 0.805. The van der Waals surface area contributed by atoms with Gasteiger partial charge in [-0.05, 0) is 43.2 Å². The molecular weight excluding hydrogens is 378 g/mol. The van der Waals surface area contributed by atoms with E-state index in [4.69, 9.17) is 0 Å². The van der Waals surface area contributed by atoms with Crippen molar-refractivity contribution in [2.24, 2.45) is 5.92 Å². The summed E-state index contributed by atoms with van der Waals surface area (Å²) < 4.78 is 25.4. The van der Waals surface area contributed by atoms with Gasteiger partial charge in [-0.15, -0.1) is 0 Å². The number of nitrogens with zero attached hydrogens (tertiary/aromatic N) is 1. The fourth-order valence-electron chi connectivity index (χ4n) is 3.26. The maximum atomic E-state index is 12.7. The average Bonchev–Trinajstić information content (AvgIpc) is 2.99. The van der Waals surface area contributed by atoms with Crippen molar-refractivity contribution >= 4 is 38.9 Å². The summed E-state index contributed by atoms with van der Waals surface area (Å²) in [6, 6.07) is 12.3. The highest BCUT2D eigenvalue weighted by Gasteiger charge is 2.36. The third-order valence-corrected chi connectivity index (χ3v) is 5.43. The number of amides is 2. The zero-order valence-corrected chi connectivity index (χ0v) is 16.8. The van der Waals surface area contributed by atoms with E-state index in [-0.39, 0.29) is 30.5 Å². The second-order valence-electron chi connectivity index (χ2n) is 7.03. The maximum absolute atomic E-state index is 12.7. The first-order valence-corrected chi connectivity index (χ1v) is 10.8. The van der Waals surface area contributed by atoms with Crippen molar-refractivity contribution in [1.82, 2.24) is 0 Å². The molecule has 0 aliphatic carbocycles. The molecule has 1 aliphatic rings. The monoisotopic (exact) mass is 401 g/mol. The number of anilines is 3. The Morgan fingerprint density at radius 3 is 2.43 bits per heavy atom. The number of benzene rings is 2. The zero-order chi connectivity index (χ0) is 20.5. The molecule has 0 radical (unpaired) electrons. The maximum Gasteiger partial charge on any atom is 0.229 e. The van der Waals surface area contributed by atoms with Gasteiger partial charge in [0.2, 0.25) is 21.8 Å².